The smallest absolute Gasteiger partial charge is 0.192 e. The number of piperidine rings is 1. The predicted octanol–water partition coefficient (Wildman–Crippen LogP) is 2.54. The van der Waals surface area contributed by atoms with Crippen LogP contribution in [0.3, 0.4) is 0 Å². The second kappa shape index (κ2) is 3.08. The summed E-state index contributed by atoms with van der Waals surface area (Å²) in [4.78, 5) is 4.53. The Kier molecular flexibility index (Phi) is 2.06. The molecular formula is C12H11N2OY-. The molecule has 0 amide bonds. The minimum absolute atomic E-state index is 0. The molecule has 0 aromatic carbocycles. The fraction of sp³-hybridized carbons (Fsp3) is 0.417. The van der Waals surface area contributed by atoms with E-state index in [0.29, 0.717) is 5.92 Å². The molecule has 16 heavy (non-hydrogen) atoms. The van der Waals surface area contributed by atoms with Crippen LogP contribution in [0.4, 0.5) is 0 Å². The van der Waals surface area contributed by atoms with Gasteiger partial charge < -0.3 is 9.73 Å². The zero-order valence-corrected chi connectivity index (χ0v) is 12.0. The summed E-state index contributed by atoms with van der Waals surface area (Å²) in [6.07, 6.45) is 3.26. The Morgan fingerprint density at radius 2 is 2.44 bits per heavy atom. The summed E-state index contributed by atoms with van der Waals surface area (Å²) in [7, 11) is 0. The Labute approximate surface area is 119 Å². The monoisotopic (exact) mass is 288 g/mol. The minimum atomic E-state index is 0. The van der Waals surface area contributed by atoms with Crippen molar-refractivity contribution in [2.75, 3.05) is 6.54 Å². The molecule has 0 bridgehead atoms. The molecule has 1 saturated carbocycles. The summed E-state index contributed by atoms with van der Waals surface area (Å²) in [6.45, 7) is 6.85. The molecule has 79 valence electrons. The van der Waals surface area contributed by atoms with Gasteiger partial charge in [0.2, 0.25) is 0 Å². The quantitative estimate of drug-likeness (QED) is 0.736. The molecule has 1 spiro atoms. The summed E-state index contributed by atoms with van der Waals surface area (Å²) < 4.78 is 5.62. The Morgan fingerprint density at radius 1 is 1.62 bits per heavy atom. The average Bonchev–Trinajstić information content (AvgIpc) is 2.59. The number of aryl methyl sites for hydroxylation is 1. The first-order valence-electron chi connectivity index (χ1n) is 5.28. The van der Waals surface area contributed by atoms with Gasteiger partial charge in [-0.15, -0.1) is 12.2 Å². The van der Waals surface area contributed by atoms with Gasteiger partial charge in [0.05, 0.1) is 5.69 Å². The molecule has 1 aromatic heterocycles. The molecule has 2 fully saturated rings. The van der Waals surface area contributed by atoms with Crippen LogP contribution in [0.2, 0.25) is 0 Å². The van der Waals surface area contributed by atoms with Crippen molar-refractivity contribution in [2.24, 2.45) is 5.92 Å². The van der Waals surface area contributed by atoms with Crippen LogP contribution in [-0.4, -0.2) is 11.5 Å². The van der Waals surface area contributed by atoms with Gasteiger partial charge in [-0.25, -0.2) is 4.98 Å². The summed E-state index contributed by atoms with van der Waals surface area (Å²) in [5, 5.41) is 4.56. The number of rotatable bonds is 0. The largest absolute Gasteiger partial charge is 0.687 e. The fourth-order valence-corrected chi connectivity index (χ4v) is 2.98. The van der Waals surface area contributed by atoms with Crippen molar-refractivity contribution in [2.45, 2.75) is 18.8 Å². The van der Waals surface area contributed by atoms with E-state index in [0.717, 1.165) is 29.5 Å². The number of allylic oxidation sites excluding steroid dienone is 3. The molecule has 1 radical (unpaired) electrons. The van der Waals surface area contributed by atoms with E-state index in [1.165, 1.54) is 12.1 Å². The first-order chi connectivity index (χ1) is 7.22. The van der Waals surface area contributed by atoms with Crippen LogP contribution in [0, 0.1) is 12.8 Å². The first-order valence-corrected chi connectivity index (χ1v) is 5.28. The van der Waals surface area contributed by atoms with Gasteiger partial charge >= 0.3 is 0 Å². The minimum Gasteiger partial charge on any atom is -0.687 e. The summed E-state index contributed by atoms with van der Waals surface area (Å²) in [5.74, 6) is 2.29. The maximum absolute atomic E-state index is 5.62. The van der Waals surface area contributed by atoms with E-state index in [1.54, 1.807) is 0 Å². The van der Waals surface area contributed by atoms with Crippen molar-refractivity contribution in [3.8, 4) is 0 Å². The molecule has 2 heterocycles. The number of hydrogen-bond donors (Lipinski definition) is 0. The third-order valence-electron chi connectivity index (χ3n) is 3.80. The zero-order valence-electron chi connectivity index (χ0n) is 9.16. The van der Waals surface area contributed by atoms with Crippen LogP contribution in [0.25, 0.3) is 10.9 Å². The Bertz CT molecular complexity index is 531. The van der Waals surface area contributed by atoms with E-state index >= 15 is 0 Å². The van der Waals surface area contributed by atoms with Crippen molar-refractivity contribution in [3.05, 3.63) is 41.0 Å². The van der Waals surface area contributed by atoms with Crippen LogP contribution in [0.15, 0.2) is 22.8 Å². The summed E-state index contributed by atoms with van der Waals surface area (Å²) >= 11 is 0. The van der Waals surface area contributed by atoms with Gasteiger partial charge in [0.15, 0.2) is 11.7 Å². The number of oxazole rings is 1. The van der Waals surface area contributed by atoms with Gasteiger partial charge in [0.25, 0.3) is 0 Å². The Morgan fingerprint density at radius 3 is 3.19 bits per heavy atom. The molecule has 4 heteroatoms. The van der Waals surface area contributed by atoms with Gasteiger partial charge in [-0.2, -0.15) is 0 Å². The van der Waals surface area contributed by atoms with Crippen molar-refractivity contribution in [1.82, 2.24) is 4.98 Å². The van der Waals surface area contributed by atoms with Crippen LogP contribution < -0.4 is 0 Å². The van der Waals surface area contributed by atoms with Gasteiger partial charge in [0, 0.05) is 50.6 Å². The summed E-state index contributed by atoms with van der Waals surface area (Å²) in [5.41, 5.74) is 3.31. The molecule has 1 aromatic rings. The molecule has 3 aliphatic rings. The number of fused-ring (bicyclic) bond motifs is 1. The van der Waals surface area contributed by atoms with E-state index in [1.807, 2.05) is 6.92 Å². The van der Waals surface area contributed by atoms with Gasteiger partial charge in [-0.3, -0.25) is 0 Å². The molecular weight excluding hydrogens is 277 g/mol. The molecule has 1 aliphatic heterocycles. The number of nitrogens with zero attached hydrogens (tertiary/aromatic N) is 2. The molecule has 2 atom stereocenters. The van der Waals surface area contributed by atoms with E-state index in [4.69, 9.17) is 4.42 Å². The van der Waals surface area contributed by atoms with Crippen LogP contribution in [0.5, 0.6) is 0 Å². The maximum atomic E-state index is 5.62. The zero-order chi connectivity index (χ0) is 10.2. The van der Waals surface area contributed by atoms with Crippen molar-refractivity contribution < 1.29 is 37.1 Å². The Hall–Kier alpha value is -0.406. The number of aromatic nitrogens is 1. The topological polar surface area (TPSA) is 40.1 Å². The number of hydrogen-bond acceptors (Lipinski definition) is 2. The van der Waals surface area contributed by atoms with Crippen molar-refractivity contribution in [1.29, 1.82) is 0 Å². The molecule has 3 nitrogen and oxygen atoms in total. The van der Waals surface area contributed by atoms with E-state index in [2.05, 4.69) is 23.0 Å². The molecule has 2 unspecified atom stereocenters. The van der Waals surface area contributed by atoms with Crippen molar-refractivity contribution in [3.63, 3.8) is 0 Å². The van der Waals surface area contributed by atoms with Gasteiger partial charge in [-0.05, 0) is 12.3 Å². The van der Waals surface area contributed by atoms with E-state index in [9.17, 15) is 0 Å². The van der Waals surface area contributed by atoms with Gasteiger partial charge in [0.1, 0.15) is 0 Å². The second-order valence-corrected chi connectivity index (χ2v) is 4.68. The van der Waals surface area contributed by atoms with Gasteiger partial charge in [-0.1, -0.05) is 12.7 Å². The third kappa shape index (κ3) is 1.04. The third-order valence-corrected chi connectivity index (χ3v) is 3.80. The molecule has 4 rings (SSSR count). The van der Waals surface area contributed by atoms with E-state index < -0.39 is 0 Å². The SMILES string of the molecule is C=C1C=C2[N-]CC3CC23c2nc(C)oc21.[Y]. The molecule has 1 saturated heterocycles. The van der Waals surface area contributed by atoms with Crippen LogP contribution in [0.1, 0.15) is 23.8 Å². The standard InChI is InChI=1S/C12H11N2O.Y/c1-6-3-9-12(4-8(12)5-13-9)11-10(6)15-7(2)14-11;/h3,8H,1,4-5H2,2H3;/q-1;. The Balaban J connectivity index is 0.000000810. The molecule has 2 aliphatic carbocycles. The fourth-order valence-electron chi connectivity index (χ4n) is 2.98. The van der Waals surface area contributed by atoms with Crippen LogP contribution >= 0.6 is 0 Å². The predicted molar refractivity (Wildman–Crippen MR) is 56.4 cm³/mol. The van der Waals surface area contributed by atoms with E-state index in [-0.39, 0.29) is 38.1 Å². The van der Waals surface area contributed by atoms with Crippen molar-refractivity contribution >= 4 is 5.57 Å². The first kappa shape index (κ1) is 10.7. The normalized spacial score (nSPS) is 32.9. The van der Waals surface area contributed by atoms with Crippen LogP contribution in [-0.2, 0) is 38.1 Å². The summed E-state index contributed by atoms with van der Waals surface area (Å²) in [6, 6.07) is 0. The molecule has 0 N–H and O–H groups in total. The average molecular weight is 288 g/mol. The second-order valence-electron chi connectivity index (χ2n) is 4.68. The maximum Gasteiger partial charge on any atom is 0.192 e.